The molecule has 2 atom stereocenters. The molecule has 0 spiro atoms. The number of amides is 1. The Balaban J connectivity index is 1.83. The zero-order valence-corrected chi connectivity index (χ0v) is 14.8. The number of carbonyl (C=O) groups excluding carboxylic acids is 1. The van der Waals surface area contributed by atoms with E-state index in [9.17, 15) is 9.90 Å². The Labute approximate surface area is 147 Å². The molecule has 2 aliphatic rings. The lowest BCUT2D eigenvalue weighted by atomic mass is 9.69. The van der Waals surface area contributed by atoms with Crippen LogP contribution in [0.3, 0.4) is 0 Å². The van der Waals surface area contributed by atoms with E-state index in [2.05, 4.69) is 11.9 Å². The normalized spacial score (nSPS) is 28.5. The molecule has 126 valence electrons. The van der Waals surface area contributed by atoms with Crippen LogP contribution in [0.2, 0.25) is 10.0 Å². The minimum atomic E-state index is -0.0814. The smallest absolute Gasteiger partial charge is 0.255 e. The first kappa shape index (κ1) is 17.0. The maximum atomic E-state index is 12.8. The highest BCUT2D eigenvalue weighted by Crippen LogP contribution is 2.42. The number of nitrogens with zero attached hydrogens (tertiary/aromatic N) is 2. The number of benzene rings is 1. The largest absolute Gasteiger partial charge is 0.396 e. The monoisotopic (exact) mass is 356 g/mol. The van der Waals surface area contributed by atoms with E-state index in [0.717, 1.165) is 25.8 Å². The number of fused-ring (bicyclic) bond motifs is 1. The minimum Gasteiger partial charge on any atom is -0.396 e. The van der Waals surface area contributed by atoms with Gasteiger partial charge in [0.25, 0.3) is 5.91 Å². The summed E-state index contributed by atoms with van der Waals surface area (Å²) < 4.78 is 0. The van der Waals surface area contributed by atoms with Gasteiger partial charge in [0.2, 0.25) is 0 Å². The van der Waals surface area contributed by atoms with Gasteiger partial charge in [-0.2, -0.15) is 0 Å². The van der Waals surface area contributed by atoms with E-state index in [1.807, 2.05) is 4.90 Å². The van der Waals surface area contributed by atoms with Gasteiger partial charge in [-0.05, 0) is 45.0 Å². The fourth-order valence-electron chi connectivity index (χ4n) is 4.04. The number of likely N-dealkylation sites (N-methyl/N-ethyl adjacent to an activating group) is 1. The van der Waals surface area contributed by atoms with Gasteiger partial charge in [-0.3, -0.25) is 4.79 Å². The van der Waals surface area contributed by atoms with Gasteiger partial charge in [-0.15, -0.1) is 0 Å². The number of piperidine rings is 2. The van der Waals surface area contributed by atoms with E-state index in [-0.39, 0.29) is 24.0 Å². The first-order chi connectivity index (χ1) is 11.0. The van der Waals surface area contributed by atoms with Gasteiger partial charge in [0.05, 0.1) is 22.2 Å². The summed E-state index contributed by atoms with van der Waals surface area (Å²) in [5.41, 5.74) is 0.371. The van der Waals surface area contributed by atoms with E-state index in [4.69, 9.17) is 23.2 Å². The molecule has 4 nitrogen and oxygen atoms in total. The third-order valence-corrected chi connectivity index (χ3v) is 6.30. The van der Waals surface area contributed by atoms with Gasteiger partial charge >= 0.3 is 0 Å². The predicted octanol–water partition coefficient (Wildman–Crippen LogP) is 2.91. The average Bonchev–Trinajstić information content (AvgIpc) is 2.57. The molecule has 0 unspecified atom stereocenters. The van der Waals surface area contributed by atoms with Crippen LogP contribution in [-0.2, 0) is 0 Å². The topological polar surface area (TPSA) is 43.8 Å². The second-order valence-electron chi connectivity index (χ2n) is 6.72. The fourth-order valence-corrected chi connectivity index (χ4v) is 4.42. The molecule has 23 heavy (non-hydrogen) atoms. The lowest BCUT2D eigenvalue weighted by Crippen LogP contribution is -2.62. The fraction of sp³-hybridized carbons (Fsp3) is 0.588. The van der Waals surface area contributed by atoms with Gasteiger partial charge in [0, 0.05) is 24.5 Å². The molecule has 0 aromatic heterocycles. The number of hydrogen-bond donors (Lipinski definition) is 1. The Morgan fingerprint density at radius 2 is 2.13 bits per heavy atom. The van der Waals surface area contributed by atoms with Gasteiger partial charge in [-0.1, -0.05) is 29.3 Å². The summed E-state index contributed by atoms with van der Waals surface area (Å²) in [6, 6.07) is 5.34. The molecule has 2 fully saturated rings. The van der Waals surface area contributed by atoms with Crippen molar-refractivity contribution in [1.82, 2.24) is 9.80 Å². The highest BCUT2D eigenvalue weighted by atomic mass is 35.5. The van der Waals surface area contributed by atoms with Crippen LogP contribution in [0.5, 0.6) is 0 Å². The maximum Gasteiger partial charge on any atom is 0.255 e. The number of rotatable bonds is 2. The predicted molar refractivity (Wildman–Crippen MR) is 92.2 cm³/mol. The third kappa shape index (κ3) is 2.98. The van der Waals surface area contributed by atoms with E-state index in [1.165, 1.54) is 0 Å². The lowest BCUT2D eigenvalue weighted by Gasteiger charge is -2.53. The van der Waals surface area contributed by atoms with Crippen LogP contribution >= 0.6 is 23.2 Å². The Morgan fingerprint density at radius 1 is 1.35 bits per heavy atom. The van der Waals surface area contributed by atoms with Crippen molar-refractivity contribution in [3.8, 4) is 0 Å². The molecule has 2 saturated heterocycles. The highest BCUT2D eigenvalue weighted by Gasteiger charge is 2.47. The minimum absolute atomic E-state index is 0.0805. The first-order valence-electron chi connectivity index (χ1n) is 8.03. The molecule has 1 aromatic carbocycles. The molecule has 3 rings (SSSR count). The van der Waals surface area contributed by atoms with Crippen LogP contribution in [0.1, 0.15) is 29.6 Å². The number of hydrogen-bond acceptors (Lipinski definition) is 3. The highest BCUT2D eigenvalue weighted by molar-refractivity contribution is 6.43. The lowest BCUT2D eigenvalue weighted by molar-refractivity contribution is -0.0601. The summed E-state index contributed by atoms with van der Waals surface area (Å²) in [6.45, 7) is 2.46. The second kappa shape index (κ2) is 6.60. The summed E-state index contributed by atoms with van der Waals surface area (Å²) in [5, 5.41) is 10.7. The van der Waals surface area contributed by atoms with E-state index >= 15 is 0 Å². The molecule has 0 saturated carbocycles. The summed E-state index contributed by atoms with van der Waals surface area (Å²) in [6.07, 6.45) is 2.95. The molecule has 0 radical (unpaired) electrons. The van der Waals surface area contributed by atoms with Crippen LogP contribution in [0.15, 0.2) is 18.2 Å². The van der Waals surface area contributed by atoms with Crippen molar-refractivity contribution in [1.29, 1.82) is 0 Å². The zero-order valence-electron chi connectivity index (χ0n) is 13.3. The van der Waals surface area contributed by atoms with Crippen LogP contribution in [0.25, 0.3) is 0 Å². The Hall–Kier alpha value is -0.810. The third-order valence-electron chi connectivity index (χ3n) is 5.48. The molecule has 2 heterocycles. The van der Waals surface area contributed by atoms with Crippen LogP contribution < -0.4 is 0 Å². The Bertz CT molecular complexity index is 610. The molecule has 2 aliphatic heterocycles. The quantitative estimate of drug-likeness (QED) is 0.885. The molecule has 1 aromatic rings. The van der Waals surface area contributed by atoms with E-state index in [1.54, 1.807) is 18.2 Å². The van der Waals surface area contributed by atoms with Crippen LogP contribution in [0, 0.1) is 5.41 Å². The number of aliphatic hydroxyl groups excluding tert-OH is 1. The summed E-state index contributed by atoms with van der Waals surface area (Å²) >= 11 is 12.2. The number of halogens is 2. The first-order valence-corrected chi connectivity index (χ1v) is 8.78. The van der Waals surface area contributed by atoms with Gasteiger partial charge in [-0.25, -0.2) is 0 Å². The van der Waals surface area contributed by atoms with Gasteiger partial charge in [0.15, 0.2) is 0 Å². The molecular formula is C17H22Cl2N2O2. The summed E-state index contributed by atoms with van der Waals surface area (Å²) in [7, 11) is 2.08. The molecule has 1 amide bonds. The molecule has 1 N–H and O–H groups in total. The number of aliphatic hydroxyl groups is 1. The summed E-state index contributed by atoms with van der Waals surface area (Å²) in [4.78, 5) is 17.0. The van der Waals surface area contributed by atoms with Crippen molar-refractivity contribution in [2.45, 2.75) is 25.3 Å². The second-order valence-corrected chi connectivity index (χ2v) is 7.51. The average molecular weight is 357 g/mol. The SMILES string of the molecule is CN1CCC[C@]2(CO)CCN(C(=O)c3cccc(Cl)c3Cl)C[C@@H]12. The molecule has 6 heteroatoms. The van der Waals surface area contributed by atoms with Gasteiger partial charge < -0.3 is 14.9 Å². The maximum absolute atomic E-state index is 12.8. The van der Waals surface area contributed by atoms with Crippen molar-refractivity contribution >= 4 is 29.1 Å². The van der Waals surface area contributed by atoms with E-state index < -0.39 is 0 Å². The standard InChI is InChI=1S/C17H22Cl2N2O2/c1-20-8-3-6-17(11-22)7-9-21(10-14(17)20)16(23)12-4-2-5-13(18)15(12)19/h2,4-5,14,22H,3,6-11H2,1H3/t14-,17-/m1/s1. The zero-order chi connectivity index (χ0) is 16.6. The van der Waals surface area contributed by atoms with Crippen molar-refractivity contribution in [2.75, 3.05) is 33.3 Å². The van der Waals surface area contributed by atoms with Crippen LogP contribution in [-0.4, -0.2) is 60.1 Å². The van der Waals surface area contributed by atoms with Crippen LogP contribution in [0.4, 0.5) is 0 Å². The molecule has 0 aliphatic carbocycles. The van der Waals surface area contributed by atoms with Gasteiger partial charge in [0.1, 0.15) is 0 Å². The van der Waals surface area contributed by atoms with E-state index in [0.29, 0.717) is 28.7 Å². The Kier molecular flexibility index (Phi) is 4.88. The number of likely N-dealkylation sites (tertiary alicyclic amines) is 2. The number of carbonyl (C=O) groups is 1. The van der Waals surface area contributed by atoms with Crippen molar-refractivity contribution < 1.29 is 9.90 Å². The summed E-state index contributed by atoms with van der Waals surface area (Å²) in [5.74, 6) is -0.0805. The van der Waals surface area contributed by atoms with Crippen molar-refractivity contribution in [3.63, 3.8) is 0 Å². The molecule has 0 bridgehead atoms. The van der Waals surface area contributed by atoms with Crippen molar-refractivity contribution in [2.24, 2.45) is 5.41 Å². The molecular weight excluding hydrogens is 335 g/mol. The van der Waals surface area contributed by atoms with Crippen molar-refractivity contribution in [3.05, 3.63) is 33.8 Å². The Morgan fingerprint density at radius 3 is 2.87 bits per heavy atom.